The van der Waals surface area contributed by atoms with Gasteiger partial charge in [0.25, 0.3) is 0 Å². The van der Waals surface area contributed by atoms with Crippen molar-refractivity contribution in [3.63, 3.8) is 0 Å². The Balaban J connectivity index is 2.26. The van der Waals surface area contributed by atoms with Crippen molar-refractivity contribution in [2.24, 2.45) is 0 Å². The molecule has 0 saturated carbocycles. The van der Waals surface area contributed by atoms with E-state index in [1.54, 1.807) is 0 Å². The van der Waals surface area contributed by atoms with Crippen molar-refractivity contribution in [3.05, 3.63) is 35.9 Å². The number of benzene rings is 1. The van der Waals surface area contributed by atoms with E-state index in [9.17, 15) is 5.11 Å². The first-order chi connectivity index (χ1) is 8.42. The van der Waals surface area contributed by atoms with Crippen molar-refractivity contribution in [2.75, 3.05) is 13.2 Å². The smallest absolute Gasteiger partial charge is 0.184 e. The first-order valence-corrected chi connectivity index (χ1v) is 9.53. The standard InChI is InChI=1S/C13H20O4Si/c1-18(2,3)17-12-9-15-16-10-13(12,14)11-7-5-4-6-8-11/h4-8,12,14H,9-10H2,1-3H3/t12-,13-/m1/s1. The number of aliphatic hydroxyl groups is 1. The van der Waals surface area contributed by atoms with E-state index in [-0.39, 0.29) is 19.3 Å². The van der Waals surface area contributed by atoms with Crippen molar-refractivity contribution in [1.82, 2.24) is 0 Å². The molecule has 0 unspecified atom stereocenters. The minimum absolute atomic E-state index is 0.0894. The predicted molar refractivity (Wildman–Crippen MR) is 70.5 cm³/mol. The zero-order valence-electron chi connectivity index (χ0n) is 11.1. The van der Waals surface area contributed by atoms with Gasteiger partial charge in [0.05, 0.1) is 0 Å². The molecule has 1 aromatic carbocycles. The monoisotopic (exact) mass is 268 g/mol. The van der Waals surface area contributed by atoms with Crippen LogP contribution in [-0.2, 0) is 19.8 Å². The van der Waals surface area contributed by atoms with Gasteiger partial charge in [0.2, 0.25) is 0 Å². The zero-order valence-corrected chi connectivity index (χ0v) is 12.1. The SMILES string of the molecule is C[Si](C)(C)O[C@@H]1COOC[C@@]1(O)c1ccccc1. The Morgan fingerprint density at radius 3 is 2.50 bits per heavy atom. The highest BCUT2D eigenvalue weighted by molar-refractivity contribution is 6.69. The molecule has 5 heteroatoms. The van der Waals surface area contributed by atoms with Crippen LogP contribution < -0.4 is 0 Å². The van der Waals surface area contributed by atoms with E-state index in [1.165, 1.54) is 0 Å². The molecule has 18 heavy (non-hydrogen) atoms. The molecule has 1 fully saturated rings. The second-order valence-electron chi connectivity index (χ2n) is 5.56. The summed E-state index contributed by atoms with van der Waals surface area (Å²) in [6, 6.07) is 9.48. The predicted octanol–water partition coefficient (Wildman–Crippen LogP) is 2.06. The molecule has 0 radical (unpaired) electrons. The molecule has 1 heterocycles. The second kappa shape index (κ2) is 5.11. The van der Waals surface area contributed by atoms with Crippen LogP contribution in [0, 0.1) is 0 Å². The van der Waals surface area contributed by atoms with Gasteiger partial charge in [-0.25, -0.2) is 9.78 Å². The van der Waals surface area contributed by atoms with Crippen molar-refractivity contribution in [1.29, 1.82) is 0 Å². The van der Waals surface area contributed by atoms with Crippen molar-refractivity contribution in [3.8, 4) is 0 Å². The van der Waals surface area contributed by atoms with Gasteiger partial charge in [-0.2, -0.15) is 0 Å². The third-order valence-corrected chi connectivity index (χ3v) is 3.88. The summed E-state index contributed by atoms with van der Waals surface area (Å²) in [6.45, 7) is 6.61. The average molecular weight is 268 g/mol. The fourth-order valence-electron chi connectivity index (χ4n) is 2.03. The van der Waals surface area contributed by atoms with Gasteiger partial charge in [-0.3, -0.25) is 0 Å². The van der Waals surface area contributed by atoms with E-state index >= 15 is 0 Å². The molecule has 1 saturated heterocycles. The highest BCUT2D eigenvalue weighted by atomic mass is 28.4. The molecule has 1 aliphatic rings. The van der Waals surface area contributed by atoms with Crippen LogP contribution in [0.1, 0.15) is 5.56 Å². The maximum Gasteiger partial charge on any atom is 0.184 e. The first-order valence-electron chi connectivity index (χ1n) is 6.12. The fraction of sp³-hybridized carbons (Fsp3) is 0.538. The molecule has 1 N–H and O–H groups in total. The van der Waals surface area contributed by atoms with E-state index < -0.39 is 13.9 Å². The molecule has 100 valence electrons. The topological polar surface area (TPSA) is 47.9 Å². The van der Waals surface area contributed by atoms with Crippen molar-refractivity contribution < 1.29 is 19.3 Å². The Labute approximate surface area is 109 Å². The van der Waals surface area contributed by atoms with Gasteiger partial charge in [0.15, 0.2) is 8.32 Å². The molecule has 0 aliphatic carbocycles. The Kier molecular flexibility index (Phi) is 3.89. The fourth-order valence-corrected chi connectivity index (χ4v) is 3.14. The van der Waals surface area contributed by atoms with Crippen LogP contribution in [0.2, 0.25) is 19.6 Å². The maximum absolute atomic E-state index is 10.9. The Morgan fingerprint density at radius 1 is 1.22 bits per heavy atom. The van der Waals surface area contributed by atoms with Crippen LogP contribution >= 0.6 is 0 Å². The quantitative estimate of drug-likeness (QED) is 0.673. The average Bonchev–Trinajstić information content (AvgIpc) is 2.32. The molecular weight excluding hydrogens is 248 g/mol. The second-order valence-corrected chi connectivity index (χ2v) is 10.0. The number of rotatable bonds is 3. The van der Waals surface area contributed by atoms with Crippen LogP contribution in [0.15, 0.2) is 30.3 Å². The summed E-state index contributed by atoms with van der Waals surface area (Å²) >= 11 is 0. The zero-order chi connectivity index (χ0) is 13.2. The lowest BCUT2D eigenvalue weighted by molar-refractivity contribution is -0.374. The van der Waals surface area contributed by atoms with Crippen LogP contribution in [0.5, 0.6) is 0 Å². The van der Waals surface area contributed by atoms with E-state index in [2.05, 4.69) is 19.6 Å². The number of hydrogen-bond donors (Lipinski definition) is 1. The summed E-state index contributed by atoms with van der Waals surface area (Å²) in [5, 5.41) is 10.9. The molecule has 0 aromatic heterocycles. The van der Waals surface area contributed by atoms with Crippen LogP contribution in [0.4, 0.5) is 0 Å². The first kappa shape index (κ1) is 13.7. The molecule has 0 spiro atoms. The van der Waals surface area contributed by atoms with Gasteiger partial charge in [-0.1, -0.05) is 30.3 Å². The van der Waals surface area contributed by atoms with Gasteiger partial charge in [-0.05, 0) is 25.2 Å². The molecule has 1 aromatic rings. The molecule has 4 nitrogen and oxygen atoms in total. The summed E-state index contributed by atoms with van der Waals surface area (Å²) in [4.78, 5) is 9.95. The number of hydrogen-bond acceptors (Lipinski definition) is 4. The van der Waals surface area contributed by atoms with Crippen LogP contribution in [-0.4, -0.2) is 32.7 Å². The van der Waals surface area contributed by atoms with E-state index in [1.807, 2.05) is 30.3 Å². The summed E-state index contributed by atoms with van der Waals surface area (Å²) in [5.41, 5.74) is -0.337. The third-order valence-electron chi connectivity index (χ3n) is 2.88. The Bertz CT molecular complexity index is 390. The summed E-state index contributed by atoms with van der Waals surface area (Å²) in [5.74, 6) is 0. The lowest BCUT2D eigenvalue weighted by Crippen LogP contribution is -2.54. The van der Waals surface area contributed by atoms with Gasteiger partial charge < -0.3 is 9.53 Å². The van der Waals surface area contributed by atoms with Gasteiger partial charge in [-0.15, -0.1) is 0 Å². The van der Waals surface area contributed by atoms with Gasteiger partial charge >= 0.3 is 0 Å². The molecule has 2 atom stereocenters. The van der Waals surface area contributed by atoms with E-state index in [0.29, 0.717) is 0 Å². The highest BCUT2D eigenvalue weighted by Gasteiger charge is 2.45. The lowest BCUT2D eigenvalue weighted by Gasteiger charge is -2.41. The van der Waals surface area contributed by atoms with E-state index in [0.717, 1.165) is 5.56 Å². The molecule has 0 amide bonds. The van der Waals surface area contributed by atoms with E-state index in [4.69, 9.17) is 14.2 Å². The molecule has 2 rings (SSSR count). The minimum Gasteiger partial charge on any atom is -0.409 e. The minimum atomic E-state index is -1.76. The molecule has 0 bridgehead atoms. The summed E-state index contributed by atoms with van der Waals surface area (Å²) in [6.07, 6.45) is -0.389. The maximum atomic E-state index is 10.9. The largest absolute Gasteiger partial charge is 0.409 e. The van der Waals surface area contributed by atoms with Crippen molar-refractivity contribution in [2.45, 2.75) is 31.3 Å². The third kappa shape index (κ3) is 2.99. The molecule has 1 aliphatic heterocycles. The Hall–Kier alpha value is -0.723. The van der Waals surface area contributed by atoms with Crippen LogP contribution in [0.25, 0.3) is 0 Å². The molecular formula is C13H20O4Si. The normalized spacial score (nSPS) is 29.2. The van der Waals surface area contributed by atoms with Crippen LogP contribution in [0.3, 0.4) is 0 Å². The lowest BCUT2D eigenvalue weighted by atomic mass is 9.89. The van der Waals surface area contributed by atoms with Gasteiger partial charge in [0.1, 0.15) is 24.9 Å². The van der Waals surface area contributed by atoms with Crippen molar-refractivity contribution >= 4 is 8.32 Å². The highest BCUT2D eigenvalue weighted by Crippen LogP contribution is 2.32. The summed E-state index contributed by atoms with van der Waals surface area (Å²) in [7, 11) is -1.76. The summed E-state index contributed by atoms with van der Waals surface area (Å²) < 4.78 is 6.03. The van der Waals surface area contributed by atoms with Gasteiger partial charge in [0, 0.05) is 0 Å². The Morgan fingerprint density at radius 2 is 1.89 bits per heavy atom.